The summed E-state index contributed by atoms with van der Waals surface area (Å²) in [7, 11) is 1.58. The molecule has 31 heavy (non-hydrogen) atoms. The predicted molar refractivity (Wildman–Crippen MR) is 122 cm³/mol. The highest BCUT2D eigenvalue weighted by molar-refractivity contribution is 5.95. The first-order valence-electron chi connectivity index (χ1n) is 10.9. The molecule has 1 aliphatic rings. The maximum atomic E-state index is 13.1. The van der Waals surface area contributed by atoms with Gasteiger partial charge in [-0.2, -0.15) is 0 Å². The summed E-state index contributed by atoms with van der Waals surface area (Å²) >= 11 is 0. The Kier molecular flexibility index (Phi) is 7.55. The number of hydrogen-bond acceptors (Lipinski definition) is 4. The lowest BCUT2D eigenvalue weighted by Gasteiger charge is -2.33. The fourth-order valence-electron chi connectivity index (χ4n) is 3.54. The summed E-state index contributed by atoms with van der Waals surface area (Å²) in [6.45, 7) is 6.38. The minimum atomic E-state index is -0.268. The number of methoxy groups -OCH3 is 1. The van der Waals surface area contributed by atoms with Crippen molar-refractivity contribution in [2.45, 2.75) is 52.1 Å². The Hall–Kier alpha value is -3.02. The van der Waals surface area contributed by atoms with E-state index in [2.05, 4.69) is 26.1 Å². The zero-order valence-corrected chi connectivity index (χ0v) is 18.8. The van der Waals surface area contributed by atoms with Gasteiger partial charge >= 0.3 is 0 Å². The lowest BCUT2D eigenvalue weighted by atomic mass is 9.98. The molecule has 3 rings (SSSR count). The number of anilines is 1. The normalized spacial score (nSPS) is 15.0. The van der Waals surface area contributed by atoms with E-state index in [9.17, 15) is 9.59 Å². The second kappa shape index (κ2) is 10.3. The van der Waals surface area contributed by atoms with E-state index in [1.54, 1.807) is 49.6 Å². The fraction of sp³-hybridized carbons (Fsp3) is 0.440. The number of amides is 2. The number of carbonyl (C=O) groups is 2. The highest BCUT2D eigenvalue weighted by Gasteiger charge is 2.37. The van der Waals surface area contributed by atoms with Crippen LogP contribution in [0.1, 0.15) is 50.4 Å². The minimum absolute atomic E-state index is 0.0672. The number of ether oxygens (including phenoxy) is 2. The molecule has 6 nitrogen and oxygen atoms in total. The van der Waals surface area contributed by atoms with E-state index in [1.807, 2.05) is 11.0 Å². The van der Waals surface area contributed by atoms with Crippen molar-refractivity contribution in [1.82, 2.24) is 4.90 Å². The van der Waals surface area contributed by atoms with Gasteiger partial charge in [-0.3, -0.25) is 9.59 Å². The van der Waals surface area contributed by atoms with Gasteiger partial charge in [0.05, 0.1) is 7.11 Å². The molecule has 1 aliphatic carbocycles. The molecule has 2 atom stereocenters. The summed E-state index contributed by atoms with van der Waals surface area (Å²) in [5.74, 6) is 1.47. The van der Waals surface area contributed by atoms with Crippen molar-refractivity contribution >= 4 is 17.5 Å². The molecule has 1 N–H and O–H groups in total. The van der Waals surface area contributed by atoms with Gasteiger partial charge in [0.25, 0.3) is 11.8 Å². The Morgan fingerprint density at radius 3 is 2.42 bits per heavy atom. The molecule has 2 unspecified atom stereocenters. The average Bonchev–Trinajstić information content (AvgIpc) is 3.62. The van der Waals surface area contributed by atoms with Crippen LogP contribution >= 0.6 is 0 Å². The molecule has 0 radical (unpaired) electrons. The van der Waals surface area contributed by atoms with Crippen molar-refractivity contribution in [3.8, 4) is 11.5 Å². The topological polar surface area (TPSA) is 67.9 Å². The third-order valence-corrected chi connectivity index (χ3v) is 5.91. The molecular formula is C25H32N2O4. The first-order valence-corrected chi connectivity index (χ1v) is 10.9. The van der Waals surface area contributed by atoms with Gasteiger partial charge in [-0.1, -0.05) is 26.3 Å². The largest absolute Gasteiger partial charge is 0.497 e. The number of hydrogen-bond donors (Lipinski definition) is 1. The zero-order chi connectivity index (χ0) is 22.4. The van der Waals surface area contributed by atoms with Gasteiger partial charge in [-0.15, -0.1) is 0 Å². The maximum absolute atomic E-state index is 13.1. The Labute approximate surface area is 184 Å². The van der Waals surface area contributed by atoms with E-state index < -0.39 is 0 Å². The summed E-state index contributed by atoms with van der Waals surface area (Å²) in [6.07, 6.45) is 3.20. The van der Waals surface area contributed by atoms with Crippen LogP contribution < -0.4 is 14.8 Å². The van der Waals surface area contributed by atoms with Crippen LogP contribution in [0.5, 0.6) is 11.5 Å². The molecule has 1 saturated carbocycles. The lowest BCUT2D eigenvalue weighted by molar-refractivity contribution is -0.118. The van der Waals surface area contributed by atoms with E-state index in [4.69, 9.17) is 9.47 Å². The fourth-order valence-corrected chi connectivity index (χ4v) is 3.54. The molecular weight excluding hydrogens is 392 g/mol. The molecule has 6 heteroatoms. The van der Waals surface area contributed by atoms with Gasteiger partial charge in [0.15, 0.2) is 6.61 Å². The molecule has 0 bridgehead atoms. The standard InChI is InChI=1S/C25H32N2O4/c1-5-17(2)18(3)27(21-11-12-21)25(29)19-9-13-22(14-10-19)31-16-24(28)26-20-7-6-8-23(15-20)30-4/h6-10,13-15,17-18,21H,5,11-12,16H2,1-4H3,(H,26,28). The molecule has 2 aromatic rings. The number of nitrogens with one attached hydrogen (secondary N) is 1. The quantitative estimate of drug-likeness (QED) is 0.598. The van der Waals surface area contributed by atoms with Crippen molar-refractivity contribution in [1.29, 1.82) is 0 Å². The number of rotatable bonds is 10. The zero-order valence-electron chi connectivity index (χ0n) is 18.8. The Bertz CT molecular complexity index is 893. The van der Waals surface area contributed by atoms with Crippen LogP contribution in [-0.2, 0) is 4.79 Å². The summed E-state index contributed by atoms with van der Waals surface area (Å²) in [4.78, 5) is 27.3. The molecule has 0 heterocycles. The van der Waals surface area contributed by atoms with Crippen molar-refractivity contribution in [2.24, 2.45) is 5.92 Å². The number of benzene rings is 2. The molecule has 2 amide bonds. The molecule has 2 aromatic carbocycles. The van der Waals surface area contributed by atoms with Gasteiger partial charge in [-0.25, -0.2) is 0 Å². The van der Waals surface area contributed by atoms with Crippen molar-refractivity contribution < 1.29 is 19.1 Å². The van der Waals surface area contributed by atoms with Crippen LogP contribution in [-0.4, -0.2) is 42.5 Å². The molecule has 0 saturated heterocycles. The second-order valence-electron chi connectivity index (χ2n) is 8.16. The SMILES string of the molecule is CCC(C)C(C)N(C(=O)c1ccc(OCC(=O)Nc2cccc(OC)c2)cc1)C1CC1. The van der Waals surface area contributed by atoms with Gasteiger partial charge in [0.2, 0.25) is 0 Å². The Morgan fingerprint density at radius 1 is 1.10 bits per heavy atom. The third-order valence-electron chi connectivity index (χ3n) is 5.91. The first kappa shape index (κ1) is 22.7. The van der Waals surface area contributed by atoms with E-state index in [0.717, 1.165) is 19.3 Å². The summed E-state index contributed by atoms with van der Waals surface area (Å²) in [5, 5.41) is 2.77. The van der Waals surface area contributed by atoms with Crippen LogP contribution in [0.3, 0.4) is 0 Å². The molecule has 1 fully saturated rings. The first-order chi connectivity index (χ1) is 14.9. The second-order valence-corrected chi connectivity index (χ2v) is 8.16. The van der Waals surface area contributed by atoms with Crippen molar-refractivity contribution in [2.75, 3.05) is 19.0 Å². The van der Waals surface area contributed by atoms with Crippen LogP contribution in [0.2, 0.25) is 0 Å². The van der Waals surface area contributed by atoms with Crippen LogP contribution in [0.15, 0.2) is 48.5 Å². The Balaban J connectivity index is 1.56. The van der Waals surface area contributed by atoms with Gasteiger partial charge < -0.3 is 19.7 Å². The monoisotopic (exact) mass is 424 g/mol. The van der Waals surface area contributed by atoms with E-state index in [0.29, 0.717) is 34.7 Å². The van der Waals surface area contributed by atoms with Gasteiger partial charge in [0.1, 0.15) is 11.5 Å². The molecule has 166 valence electrons. The van der Waals surface area contributed by atoms with Crippen LogP contribution in [0, 0.1) is 5.92 Å². The average molecular weight is 425 g/mol. The number of nitrogens with zero attached hydrogens (tertiary/aromatic N) is 1. The minimum Gasteiger partial charge on any atom is -0.497 e. The maximum Gasteiger partial charge on any atom is 0.262 e. The highest BCUT2D eigenvalue weighted by Crippen LogP contribution is 2.33. The highest BCUT2D eigenvalue weighted by atomic mass is 16.5. The van der Waals surface area contributed by atoms with E-state index in [-0.39, 0.29) is 24.5 Å². The summed E-state index contributed by atoms with van der Waals surface area (Å²) in [6, 6.07) is 14.7. The summed E-state index contributed by atoms with van der Waals surface area (Å²) < 4.78 is 10.7. The number of carbonyl (C=O) groups excluding carboxylic acids is 2. The smallest absolute Gasteiger partial charge is 0.262 e. The van der Waals surface area contributed by atoms with Gasteiger partial charge in [0, 0.05) is 29.4 Å². The molecule has 0 aromatic heterocycles. The molecule has 0 aliphatic heterocycles. The van der Waals surface area contributed by atoms with Crippen LogP contribution in [0.4, 0.5) is 5.69 Å². The molecule has 0 spiro atoms. The van der Waals surface area contributed by atoms with Crippen molar-refractivity contribution in [3.63, 3.8) is 0 Å². The van der Waals surface area contributed by atoms with E-state index >= 15 is 0 Å². The summed E-state index contributed by atoms with van der Waals surface area (Å²) in [5.41, 5.74) is 1.29. The predicted octanol–water partition coefficient (Wildman–Crippen LogP) is 4.75. The third kappa shape index (κ3) is 6.00. The Morgan fingerprint density at radius 2 is 1.81 bits per heavy atom. The van der Waals surface area contributed by atoms with Crippen LogP contribution in [0.25, 0.3) is 0 Å². The van der Waals surface area contributed by atoms with Crippen molar-refractivity contribution in [3.05, 3.63) is 54.1 Å². The van der Waals surface area contributed by atoms with Gasteiger partial charge in [-0.05, 0) is 62.1 Å². The van der Waals surface area contributed by atoms with E-state index in [1.165, 1.54) is 0 Å². The lowest BCUT2D eigenvalue weighted by Crippen LogP contribution is -2.43.